The number of rotatable bonds is 7. The van der Waals surface area contributed by atoms with Crippen LogP contribution in [0.15, 0.2) is 0 Å². The molecule has 3 heteroatoms. The van der Waals surface area contributed by atoms with Gasteiger partial charge in [-0.2, -0.15) is 0 Å². The molecule has 1 atom stereocenters. The Bertz CT molecular complexity index is 147. The van der Waals surface area contributed by atoms with E-state index in [1.165, 1.54) is 32.1 Å². The molecule has 0 amide bonds. The summed E-state index contributed by atoms with van der Waals surface area (Å²) in [6, 6.07) is 0. The summed E-state index contributed by atoms with van der Waals surface area (Å²) in [4.78, 5) is 0. The van der Waals surface area contributed by atoms with E-state index in [2.05, 4.69) is 5.32 Å². The minimum atomic E-state index is -0.311. The van der Waals surface area contributed by atoms with Crippen LogP contribution in [-0.2, 0) is 4.74 Å². The van der Waals surface area contributed by atoms with Gasteiger partial charge in [0, 0.05) is 7.11 Å². The molecule has 3 nitrogen and oxygen atoms in total. The molecule has 0 radical (unpaired) electrons. The molecule has 2 N–H and O–H groups in total. The fourth-order valence-electron chi connectivity index (χ4n) is 2.24. The number of hydrogen-bond acceptors (Lipinski definition) is 3. The Labute approximate surface area is 93.2 Å². The monoisotopic (exact) mass is 215 g/mol. The van der Waals surface area contributed by atoms with Crippen molar-refractivity contribution in [2.45, 2.75) is 44.6 Å². The molecule has 1 saturated carbocycles. The van der Waals surface area contributed by atoms with E-state index in [1.54, 1.807) is 7.11 Å². The van der Waals surface area contributed by atoms with Gasteiger partial charge in [0.05, 0.1) is 12.7 Å². The van der Waals surface area contributed by atoms with Gasteiger partial charge in [0.15, 0.2) is 0 Å². The van der Waals surface area contributed by atoms with Crippen LogP contribution in [-0.4, -0.2) is 38.0 Å². The summed E-state index contributed by atoms with van der Waals surface area (Å²) in [5.74, 6) is 0.873. The average Bonchev–Trinajstić information content (AvgIpc) is 2.26. The highest BCUT2D eigenvalue weighted by atomic mass is 16.5. The Balaban J connectivity index is 1.91. The second-order valence-electron chi connectivity index (χ2n) is 4.61. The van der Waals surface area contributed by atoms with Crippen LogP contribution in [0.3, 0.4) is 0 Å². The van der Waals surface area contributed by atoms with E-state index in [4.69, 9.17) is 4.74 Å². The molecule has 0 aromatic rings. The molecular formula is C12H25NO2. The summed E-state index contributed by atoms with van der Waals surface area (Å²) < 4.78 is 4.87. The van der Waals surface area contributed by atoms with Crippen molar-refractivity contribution in [3.05, 3.63) is 0 Å². The van der Waals surface area contributed by atoms with E-state index in [1.807, 2.05) is 0 Å². The molecule has 1 rings (SSSR count). The van der Waals surface area contributed by atoms with Gasteiger partial charge in [0.2, 0.25) is 0 Å². The Morgan fingerprint density at radius 1 is 1.33 bits per heavy atom. The normalized spacial score (nSPS) is 20.4. The van der Waals surface area contributed by atoms with Crippen LogP contribution < -0.4 is 5.32 Å². The second kappa shape index (κ2) is 8.08. The summed E-state index contributed by atoms with van der Waals surface area (Å²) in [5.41, 5.74) is 0. The number of hydrogen-bond donors (Lipinski definition) is 2. The van der Waals surface area contributed by atoms with Crippen molar-refractivity contribution in [1.29, 1.82) is 0 Å². The number of ether oxygens (including phenoxy) is 1. The predicted octanol–water partition coefficient (Wildman–Crippen LogP) is 1.55. The fourth-order valence-corrected chi connectivity index (χ4v) is 2.24. The molecule has 0 bridgehead atoms. The molecule has 15 heavy (non-hydrogen) atoms. The first-order chi connectivity index (χ1) is 7.33. The molecule has 0 heterocycles. The van der Waals surface area contributed by atoms with E-state index in [0.29, 0.717) is 6.61 Å². The fraction of sp³-hybridized carbons (Fsp3) is 1.00. The van der Waals surface area contributed by atoms with E-state index < -0.39 is 0 Å². The molecule has 0 aromatic heterocycles. The van der Waals surface area contributed by atoms with Crippen LogP contribution in [0.4, 0.5) is 0 Å². The van der Waals surface area contributed by atoms with Gasteiger partial charge >= 0.3 is 0 Å². The third-order valence-electron chi connectivity index (χ3n) is 3.17. The smallest absolute Gasteiger partial charge is 0.0785 e. The average molecular weight is 215 g/mol. The first kappa shape index (κ1) is 12.9. The molecule has 0 saturated heterocycles. The van der Waals surface area contributed by atoms with Crippen molar-refractivity contribution in [3.8, 4) is 0 Å². The quantitative estimate of drug-likeness (QED) is 0.633. The summed E-state index contributed by atoms with van der Waals surface area (Å²) in [7, 11) is 1.62. The maximum absolute atomic E-state index is 9.42. The highest BCUT2D eigenvalue weighted by Crippen LogP contribution is 2.22. The minimum Gasteiger partial charge on any atom is -0.391 e. The van der Waals surface area contributed by atoms with Crippen molar-refractivity contribution < 1.29 is 9.84 Å². The third kappa shape index (κ3) is 6.13. The van der Waals surface area contributed by atoms with Gasteiger partial charge in [-0.15, -0.1) is 0 Å². The Kier molecular flexibility index (Phi) is 6.98. The lowest BCUT2D eigenvalue weighted by Crippen LogP contribution is -2.28. The van der Waals surface area contributed by atoms with Crippen LogP contribution in [0.2, 0.25) is 0 Å². The molecular weight excluding hydrogens is 190 g/mol. The van der Waals surface area contributed by atoms with Crippen LogP contribution in [0.25, 0.3) is 0 Å². The van der Waals surface area contributed by atoms with Crippen LogP contribution >= 0.6 is 0 Å². The lowest BCUT2D eigenvalue weighted by Gasteiger charge is -2.22. The van der Waals surface area contributed by atoms with Gasteiger partial charge in [-0.3, -0.25) is 0 Å². The standard InChI is InChI=1S/C12H25NO2/c1-15-10-12(14)7-8-13-9-11-5-3-2-4-6-11/h11-14H,2-10H2,1H3. The van der Waals surface area contributed by atoms with E-state index in [0.717, 1.165) is 25.4 Å². The Morgan fingerprint density at radius 2 is 2.07 bits per heavy atom. The molecule has 1 aliphatic rings. The number of nitrogens with one attached hydrogen (secondary N) is 1. The van der Waals surface area contributed by atoms with Gasteiger partial charge in [0.25, 0.3) is 0 Å². The largest absolute Gasteiger partial charge is 0.391 e. The SMILES string of the molecule is COCC(O)CCNCC1CCCCC1. The van der Waals surface area contributed by atoms with Crippen molar-refractivity contribution in [2.24, 2.45) is 5.92 Å². The first-order valence-electron chi connectivity index (χ1n) is 6.20. The topological polar surface area (TPSA) is 41.5 Å². The van der Waals surface area contributed by atoms with Crippen molar-refractivity contribution in [1.82, 2.24) is 5.32 Å². The van der Waals surface area contributed by atoms with Crippen molar-refractivity contribution in [3.63, 3.8) is 0 Å². The highest BCUT2D eigenvalue weighted by Gasteiger charge is 2.12. The molecule has 1 aliphatic carbocycles. The van der Waals surface area contributed by atoms with Gasteiger partial charge < -0.3 is 15.2 Å². The summed E-state index contributed by atoms with van der Waals surface area (Å²) in [6.45, 7) is 2.48. The predicted molar refractivity (Wildman–Crippen MR) is 61.9 cm³/mol. The molecule has 0 aliphatic heterocycles. The lowest BCUT2D eigenvalue weighted by molar-refractivity contribution is 0.0592. The number of methoxy groups -OCH3 is 1. The Morgan fingerprint density at radius 3 is 2.73 bits per heavy atom. The minimum absolute atomic E-state index is 0.311. The van der Waals surface area contributed by atoms with Crippen LogP contribution in [0.5, 0.6) is 0 Å². The summed E-state index contributed by atoms with van der Waals surface area (Å²) in [5, 5.41) is 12.9. The lowest BCUT2D eigenvalue weighted by atomic mass is 9.89. The zero-order valence-corrected chi connectivity index (χ0v) is 9.87. The molecule has 1 fully saturated rings. The third-order valence-corrected chi connectivity index (χ3v) is 3.17. The molecule has 0 spiro atoms. The highest BCUT2D eigenvalue weighted by molar-refractivity contribution is 4.68. The van der Waals surface area contributed by atoms with E-state index in [-0.39, 0.29) is 6.10 Å². The number of aliphatic hydroxyl groups excluding tert-OH is 1. The molecule has 90 valence electrons. The summed E-state index contributed by atoms with van der Waals surface area (Å²) >= 11 is 0. The first-order valence-corrected chi connectivity index (χ1v) is 6.20. The maximum Gasteiger partial charge on any atom is 0.0785 e. The number of aliphatic hydroxyl groups is 1. The van der Waals surface area contributed by atoms with E-state index in [9.17, 15) is 5.11 Å². The zero-order chi connectivity index (χ0) is 10.9. The second-order valence-corrected chi connectivity index (χ2v) is 4.61. The van der Waals surface area contributed by atoms with E-state index >= 15 is 0 Å². The molecule has 1 unspecified atom stereocenters. The van der Waals surface area contributed by atoms with Gasteiger partial charge in [-0.1, -0.05) is 19.3 Å². The Hall–Kier alpha value is -0.120. The molecule has 0 aromatic carbocycles. The van der Waals surface area contributed by atoms with Gasteiger partial charge in [-0.05, 0) is 38.3 Å². The van der Waals surface area contributed by atoms with Crippen LogP contribution in [0.1, 0.15) is 38.5 Å². The summed E-state index contributed by atoms with van der Waals surface area (Å²) in [6.07, 6.45) is 7.47. The van der Waals surface area contributed by atoms with Crippen LogP contribution in [0, 0.1) is 5.92 Å². The van der Waals surface area contributed by atoms with Crippen molar-refractivity contribution in [2.75, 3.05) is 26.8 Å². The maximum atomic E-state index is 9.42. The van der Waals surface area contributed by atoms with Gasteiger partial charge in [-0.25, -0.2) is 0 Å². The zero-order valence-electron chi connectivity index (χ0n) is 9.87. The van der Waals surface area contributed by atoms with Crippen molar-refractivity contribution >= 4 is 0 Å². The van der Waals surface area contributed by atoms with Gasteiger partial charge in [0.1, 0.15) is 0 Å².